The minimum Gasteiger partial charge on any atom is -0.462 e. The van der Waals surface area contributed by atoms with Crippen LogP contribution in [0.4, 0.5) is 0 Å². The van der Waals surface area contributed by atoms with Gasteiger partial charge in [-0.1, -0.05) is 320 Å². The SMILES string of the molecule is CCCCCCC/C=C\C/C=C\C/C=C\CCCCCCCCC(=O)OC(COC(=O)CCCCCCCCCCCCCCCC)COC(=O)CCCCCCCCCCCCCCC/C=C\CCCCCCCCCC. The highest BCUT2D eigenvalue weighted by molar-refractivity contribution is 5.71. The van der Waals surface area contributed by atoms with Crippen LogP contribution in [0.15, 0.2) is 48.6 Å². The van der Waals surface area contributed by atoms with Gasteiger partial charge in [-0.2, -0.15) is 0 Å². The molecule has 0 spiro atoms. The number of carbonyl (C=O) groups excluding carboxylic acids is 3. The molecule has 456 valence electrons. The molecule has 0 aromatic heterocycles. The fraction of sp³-hybridized carbons (Fsp3) is 0.847. The van der Waals surface area contributed by atoms with Crippen molar-refractivity contribution in [2.24, 2.45) is 0 Å². The highest BCUT2D eigenvalue weighted by atomic mass is 16.6. The van der Waals surface area contributed by atoms with Crippen LogP contribution >= 0.6 is 0 Å². The number of ether oxygens (including phenoxy) is 3. The number of rotatable bonds is 64. The summed E-state index contributed by atoms with van der Waals surface area (Å²) in [5.41, 5.74) is 0. The van der Waals surface area contributed by atoms with E-state index < -0.39 is 6.10 Å². The molecule has 0 saturated carbocycles. The Kier molecular flexibility index (Phi) is 64.6. The summed E-state index contributed by atoms with van der Waals surface area (Å²) in [6.07, 6.45) is 84.1. The predicted molar refractivity (Wildman–Crippen MR) is 339 cm³/mol. The van der Waals surface area contributed by atoms with Gasteiger partial charge in [0.25, 0.3) is 0 Å². The number of allylic oxidation sites excluding steroid dienone is 8. The normalized spacial score (nSPS) is 12.3. The van der Waals surface area contributed by atoms with Crippen molar-refractivity contribution in [1.82, 2.24) is 0 Å². The van der Waals surface area contributed by atoms with Gasteiger partial charge in [0.1, 0.15) is 13.2 Å². The molecule has 0 aromatic carbocycles. The average molecular weight is 1090 g/mol. The summed E-state index contributed by atoms with van der Waals surface area (Å²) in [4.78, 5) is 38.4. The molecule has 0 aromatic rings. The molecule has 0 saturated heterocycles. The maximum absolute atomic E-state index is 12.9. The van der Waals surface area contributed by atoms with E-state index in [0.29, 0.717) is 19.3 Å². The zero-order valence-corrected chi connectivity index (χ0v) is 52.5. The van der Waals surface area contributed by atoms with Crippen LogP contribution in [0.2, 0.25) is 0 Å². The lowest BCUT2D eigenvalue weighted by molar-refractivity contribution is -0.167. The zero-order chi connectivity index (χ0) is 56.4. The molecule has 1 unspecified atom stereocenters. The molecule has 0 N–H and O–H groups in total. The Hall–Kier alpha value is -2.63. The molecule has 0 bridgehead atoms. The van der Waals surface area contributed by atoms with Gasteiger partial charge in [0, 0.05) is 19.3 Å². The van der Waals surface area contributed by atoms with Gasteiger partial charge in [0.2, 0.25) is 0 Å². The van der Waals surface area contributed by atoms with Crippen LogP contribution in [0.1, 0.15) is 374 Å². The van der Waals surface area contributed by atoms with Crippen molar-refractivity contribution in [2.75, 3.05) is 13.2 Å². The fourth-order valence-corrected chi connectivity index (χ4v) is 10.3. The summed E-state index contributed by atoms with van der Waals surface area (Å²) < 4.78 is 17.0. The highest BCUT2D eigenvalue weighted by Gasteiger charge is 2.19. The quantitative estimate of drug-likeness (QED) is 0.0261. The number of hydrogen-bond acceptors (Lipinski definition) is 6. The summed E-state index contributed by atoms with van der Waals surface area (Å²) in [6, 6.07) is 0. The largest absolute Gasteiger partial charge is 0.462 e. The number of unbranched alkanes of at least 4 members (excludes halogenated alkanes) is 45. The van der Waals surface area contributed by atoms with Gasteiger partial charge in [-0.25, -0.2) is 0 Å². The van der Waals surface area contributed by atoms with E-state index in [4.69, 9.17) is 14.2 Å². The lowest BCUT2D eigenvalue weighted by Gasteiger charge is -2.18. The molecular weight excluding hydrogens is 961 g/mol. The molecule has 0 aliphatic rings. The second-order valence-electron chi connectivity index (χ2n) is 23.4. The molecule has 6 nitrogen and oxygen atoms in total. The lowest BCUT2D eigenvalue weighted by atomic mass is 10.0. The van der Waals surface area contributed by atoms with Crippen LogP contribution < -0.4 is 0 Å². The Labute approximate surface area is 486 Å². The third kappa shape index (κ3) is 64.2. The highest BCUT2D eigenvalue weighted by Crippen LogP contribution is 2.18. The molecule has 0 amide bonds. The predicted octanol–water partition coefficient (Wildman–Crippen LogP) is 23.7. The first kappa shape index (κ1) is 75.4. The first-order valence-corrected chi connectivity index (χ1v) is 34.6. The molecule has 1 atom stereocenters. The van der Waals surface area contributed by atoms with E-state index in [2.05, 4.69) is 69.4 Å². The van der Waals surface area contributed by atoms with Gasteiger partial charge in [0.05, 0.1) is 0 Å². The van der Waals surface area contributed by atoms with Crippen molar-refractivity contribution >= 4 is 17.9 Å². The minimum atomic E-state index is -0.779. The van der Waals surface area contributed by atoms with Crippen LogP contribution in [0.3, 0.4) is 0 Å². The van der Waals surface area contributed by atoms with Gasteiger partial charge < -0.3 is 14.2 Å². The molecule has 0 heterocycles. The van der Waals surface area contributed by atoms with Gasteiger partial charge in [-0.15, -0.1) is 0 Å². The molecule has 78 heavy (non-hydrogen) atoms. The fourth-order valence-electron chi connectivity index (χ4n) is 10.3. The van der Waals surface area contributed by atoms with Crippen molar-refractivity contribution in [3.05, 3.63) is 48.6 Å². The van der Waals surface area contributed by atoms with Gasteiger partial charge >= 0.3 is 17.9 Å². The van der Waals surface area contributed by atoms with Crippen molar-refractivity contribution < 1.29 is 28.6 Å². The van der Waals surface area contributed by atoms with Crippen molar-refractivity contribution in [3.8, 4) is 0 Å². The smallest absolute Gasteiger partial charge is 0.306 e. The van der Waals surface area contributed by atoms with Crippen LogP contribution in [0, 0.1) is 0 Å². The average Bonchev–Trinajstić information content (AvgIpc) is 3.44. The summed E-state index contributed by atoms with van der Waals surface area (Å²) in [6.45, 7) is 6.68. The van der Waals surface area contributed by atoms with Crippen molar-refractivity contribution in [3.63, 3.8) is 0 Å². The summed E-state index contributed by atoms with van der Waals surface area (Å²) in [5.74, 6) is -0.862. The van der Waals surface area contributed by atoms with Gasteiger partial charge in [-0.05, 0) is 83.5 Å². The Morgan fingerprint density at radius 2 is 0.462 bits per heavy atom. The Morgan fingerprint density at radius 3 is 0.731 bits per heavy atom. The zero-order valence-electron chi connectivity index (χ0n) is 52.5. The number of esters is 3. The first-order chi connectivity index (χ1) is 38.5. The monoisotopic (exact) mass is 1090 g/mol. The molecule has 0 radical (unpaired) electrons. The van der Waals surface area contributed by atoms with Gasteiger partial charge in [0.15, 0.2) is 6.10 Å². The van der Waals surface area contributed by atoms with E-state index in [1.807, 2.05) is 0 Å². The maximum Gasteiger partial charge on any atom is 0.306 e. The summed E-state index contributed by atoms with van der Waals surface area (Å²) in [5, 5.41) is 0. The maximum atomic E-state index is 12.9. The van der Waals surface area contributed by atoms with E-state index in [-0.39, 0.29) is 31.1 Å². The number of carbonyl (C=O) groups is 3. The van der Waals surface area contributed by atoms with Crippen LogP contribution in [0.25, 0.3) is 0 Å². The standard InChI is InChI=1S/C72H132O6/c1-4-7-10-13-16-19-22-25-28-30-32-34-35-36-37-39-40-42-44-47-50-53-56-59-62-65-71(74)77-68-69(67-76-70(73)64-61-58-55-52-49-46-27-24-21-18-15-12-9-6-3)78-72(75)66-63-60-57-54-51-48-45-43-41-38-33-31-29-26-23-20-17-14-11-8-5-2/h23,26,30-33,41,43,69H,4-22,24-25,27-29,34-40,42,44-68H2,1-3H3/b26-23-,32-30-,33-31-,43-41-. The molecule has 0 rings (SSSR count). The van der Waals surface area contributed by atoms with Crippen LogP contribution in [0.5, 0.6) is 0 Å². The Balaban J connectivity index is 4.29. The van der Waals surface area contributed by atoms with E-state index in [9.17, 15) is 14.4 Å². The molecule has 0 fully saturated rings. The Bertz CT molecular complexity index is 1350. The third-order valence-corrected chi connectivity index (χ3v) is 15.6. The molecule has 0 aliphatic carbocycles. The topological polar surface area (TPSA) is 78.9 Å². The minimum absolute atomic E-state index is 0.0742. The second kappa shape index (κ2) is 66.9. The molecular formula is C72H132O6. The third-order valence-electron chi connectivity index (χ3n) is 15.6. The van der Waals surface area contributed by atoms with Gasteiger partial charge in [-0.3, -0.25) is 14.4 Å². The summed E-state index contributed by atoms with van der Waals surface area (Å²) >= 11 is 0. The van der Waals surface area contributed by atoms with Crippen LogP contribution in [-0.4, -0.2) is 37.2 Å². The van der Waals surface area contributed by atoms with E-state index >= 15 is 0 Å². The molecule has 6 heteroatoms. The van der Waals surface area contributed by atoms with E-state index in [1.165, 1.54) is 257 Å². The molecule has 0 aliphatic heterocycles. The van der Waals surface area contributed by atoms with Crippen LogP contribution in [-0.2, 0) is 28.6 Å². The lowest BCUT2D eigenvalue weighted by Crippen LogP contribution is -2.30. The van der Waals surface area contributed by atoms with Crippen molar-refractivity contribution in [1.29, 1.82) is 0 Å². The van der Waals surface area contributed by atoms with Crippen molar-refractivity contribution in [2.45, 2.75) is 380 Å². The van der Waals surface area contributed by atoms with E-state index in [0.717, 1.165) is 77.0 Å². The second-order valence-corrected chi connectivity index (χ2v) is 23.4. The Morgan fingerprint density at radius 1 is 0.256 bits per heavy atom. The summed E-state index contributed by atoms with van der Waals surface area (Å²) in [7, 11) is 0. The van der Waals surface area contributed by atoms with E-state index in [1.54, 1.807) is 0 Å². The number of hydrogen-bond donors (Lipinski definition) is 0. The first-order valence-electron chi connectivity index (χ1n) is 34.6.